The molecule has 2 saturated heterocycles. The normalized spacial score (nSPS) is 45.7. The van der Waals surface area contributed by atoms with E-state index in [-0.39, 0.29) is 24.4 Å². The van der Waals surface area contributed by atoms with E-state index in [1.54, 1.807) is 6.92 Å². The molecule has 8 atom stereocenters. The van der Waals surface area contributed by atoms with Crippen LogP contribution in [0.25, 0.3) is 0 Å². The Labute approximate surface area is 127 Å². The van der Waals surface area contributed by atoms with Crippen LogP contribution in [0.1, 0.15) is 40.0 Å². The Hall–Kier alpha value is -0.280. The Bertz CT molecular complexity index is 330. The minimum absolute atomic E-state index is 0.0955. The van der Waals surface area contributed by atoms with Gasteiger partial charge >= 0.3 is 0 Å². The number of hydrogen-bond acceptors (Lipinski definition) is 7. The Morgan fingerprint density at radius 3 is 2.67 bits per heavy atom. The van der Waals surface area contributed by atoms with Crippen LogP contribution in [0.2, 0.25) is 0 Å². The largest absolute Gasteiger partial charge is 0.379 e. The molecule has 7 nitrogen and oxygen atoms in total. The van der Waals surface area contributed by atoms with E-state index in [0.29, 0.717) is 12.0 Å². The van der Waals surface area contributed by atoms with Gasteiger partial charge in [0.2, 0.25) is 0 Å². The lowest BCUT2D eigenvalue weighted by Crippen LogP contribution is -2.62. The van der Waals surface area contributed by atoms with E-state index in [9.17, 15) is 10.2 Å². The van der Waals surface area contributed by atoms with Crippen molar-refractivity contribution < 1.29 is 10.2 Å². The molecule has 7 heteroatoms. The first kappa shape index (κ1) is 17.1. The number of piperidine rings is 1. The van der Waals surface area contributed by atoms with Crippen LogP contribution in [0, 0.1) is 5.92 Å². The Kier molecular flexibility index (Phi) is 5.96. The molecule has 0 saturated carbocycles. The van der Waals surface area contributed by atoms with Gasteiger partial charge < -0.3 is 15.9 Å². The monoisotopic (exact) mass is 301 g/mol. The zero-order valence-corrected chi connectivity index (χ0v) is 13.2. The van der Waals surface area contributed by atoms with E-state index in [1.807, 2.05) is 0 Å². The fraction of sp³-hybridized carbons (Fsp3) is 1.00. The van der Waals surface area contributed by atoms with Crippen LogP contribution in [-0.4, -0.2) is 53.1 Å². The van der Waals surface area contributed by atoms with Gasteiger partial charge in [0.1, 0.15) is 18.7 Å². The summed E-state index contributed by atoms with van der Waals surface area (Å²) >= 11 is 0. The van der Waals surface area contributed by atoms with Crippen molar-refractivity contribution in [2.24, 2.45) is 11.7 Å². The zero-order chi connectivity index (χ0) is 15.6. The van der Waals surface area contributed by atoms with E-state index in [2.05, 4.69) is 35.1 Å². The van der Waals surface area contributed by atoms with Gasteiger partial charge in [-0.2, -0.15) is 0 Å². The smallest absolute Gasteiger partial charge is 0.120 e. The van der Waals surface area contributed by atoms with Crippen LogP contribution in [0.15, 0.2) is 0 Å². The highest BCUT2D eigenvalue weighted by atomic mass is 16.3. The molecule has 0 radical (unpaired) electrons. The molecule has 2 aliphatic rings. The zero-order valence-electron chi connectivity index (χ0n) is 13.2. The van der Waals surface area contributed by atoms with Gasteiger partial charge in [-0.3, -0.25) is 21.3 Å². The third kappa shape index (κ3) is 4.13. The highest BCUT2D eigenvalue weighted by Gasteiger charge is 2.43. The van der Waals surface area contributed by atoms with Gasteiger partial charge in [0.25, 0.3) is 0 Å². The molecule has 2 fully saturated rings. The summed E-state index contributed by atoms with van der Waals surface area (Å²) in [5.41, 5.74) is 6.02. The number of nitrogens with one attached hydrogen (secondary N) is 4. The average Bonchev–Trinajstić information content (AvgIpc) is 2.76. The van der Waals surface area contributed by atoms with E-state index < -0.39 is 12.5 Å². The van der Waals surface area contributed by atoms with Crippen molar-refractivity contribution in [3.8, 4) is 0 Å². The van der Waals surface area contributed by atoms with Crippen LogP contribution in [0.4, 0.5) is 0 Å². The molecule has 0 bridgehead atoms. The van der Waals surface area contributed by atoms with Gasteiger partial charge in [0, 0.05) is 24.2 Å². The fourth-order valence-electron chi connectivity index (χ4n) is 3.63. The minimum Gasteiger partial charge on any atom is -0.379 e. The maximum atomic E-state index is 9.83. The molecular weight excluding hydrogens is 270 g/mol. The molecule has 2 rings (SSSR count). The first-order valence-electron chi connectivity index (χ1n) is 8.08. The summed E-state index contributed by atoms with van der Waals surface area (Å²) in [4.78, 5) is 0. The number of aliphatic hydroxyl groups excluding tert-OH is 2. The third-order valence-electron chi connectivity index (χ3n) is 4.67. The van der Waals surface area contributed by atoms with Crippen LogP contribution < -0.4 is 27.0 Å². The molecular formula is C14H31N5O2. The summed E-state index contributed by atoms with van der Waals surface area (Å²) in [5, 5.41) is 32.6. The van der Waals surface area contributed by atoms with Crippen molar-refractivity contribution in [2.45, 2.75) is 82.9 Å². The lowest BCUT2D eigenvalue weighted by molar-refractivity contribution is 0.0336. The van der Waals surface area contributed by atoms with Crippen molar-refractivity contribution in [2.75, 3.05) is 0 Å². The van der Waals surface area contributed by atoms with E-state index in [0.717, 1.165) is 19.3 Å². The highest BCUT2D eigenvalue weighted by molar-refractivity contribution is 5.02. The molecule has 21 heavy (non-hydrogen) atoms. The average molecular weight is 301 g/mol. The first-order chi connectivity index (χ1) is 9.92. The third-order valence-corrected chi connectivity index (χ3v) is 4.67. The van der Waals surface area contributed by atoms with Gasteiger partial charge in [-0.1, -0.05) is 13.3 Å². The molecule has 2 heterocycles. The number of aliphatic hydroxyl groups is 2. The summed E-state index contributed by atoms with van der Waals surface area (Å²) in [5.74, 6) is 0.341. The van der Waals surface area contributed by atoms with E-state index in [4.69, 9.17) is 5.73 Å². The Morgan fingerprint density at radius 1 is 1.33 bits per heavy atom. The fourth-order valence-corrected chi connectivity index (χ4v) is 3.63. The quantitative estimate of drug-likeness (QED) is 0.312. The molecule has 0 aromatic rings. The molecule has 0 aromatic heterocycles. The number of hydrogen-bond donors (Lipinski definition) is 7. The molecule has 8 N–H and O–H groups in total. The van der Waals surface area contributed by atoms with Gasteiger partial charge in [-0.15, -0.1) is 0 Å². The second-order valence-corrected chi connectivity index (χ2v) is 6.49. The maximum absolute atomic E-state index is 9.83. The van der Waals surface area contributed by atoms with Crippen LogP contribution in [0.5, 0.6) is 0 Å². The summed E-state index contributed by atoms with van der Waals surface area (Å²) in [6.07, 6.45) is 1.67. The summed E-state index contributed by atoms with van der Waals surface area (Å²) in [7, 11) is 0. The summed E-state index contributed by atoms with van der Waals surface area (Å²) < 4.78 is 0. The number of nitrogens with two attached hydrogens (primary N) is 1. The maximum Gasteiger partial charge on any atom is 0.120 e. The van der Waals surface area contributed by atoms with Gasteiger partial charge in [-0.05, 0) is 32.6 Å². The predicted octanol–water partition coefficient (Wildman–Crippen LogP) is -1.43. The molecule has 124 valence electrons. The first-order valence-corrected chi connectivity index (χ1v) is 8.08. The van der Waals surface area contributed by atoms with Crippen molar-refractivity contribution in [1.82, 2.24) is 21.3 Å². The molecule has 0 amide bonds. The molecule has 0 spiro atoms. The highest BCUT2D eigenvalue weighted by Crippen LogP contribution is 2.27. The molecule has 0 aromatic carbocycles. The Balaban J connectivity index is 2.04. The topological polar surface area (TPSA) is 115 Å². The van der Waals surface area contributed by atoms with E-state index in [1.165, 1.54) is 0 Å². The minimum atomic E-state index is -0.623. The molecule has 0 aliphatic carbocycles. The number of rotatable bonds is 5. The van der Waals surface area contributed by atoms with Crippen molar-refractivity contribution in [1.29, 1.82) is 0 Å². The lowest BCUT2D eigenvalue weighted by Gasteiger charge is -2.41. The van der Waals surface area contributed by atoms with Gasteiger partial charge in [0.15, 0.2) is 0 Å². The lowest BCUT2D eigenvalue weighted by atomic mass is 9.79. The van der Waals surface area contributed by atoms with Crippen molar-refractivity contribution >= 4 is 0 Å². The van der Waals surface area contributed by atoms with E-state index >= 15 is 0 Å². The predicted molar refractivity (Wildman–Crippen MR) is 82.0 cm³/mol. The van der Waals surface area contributed by atoms with Crippen LogP contribution >= 0.6 is 0 Å². The summed E-state index contributed by atoms with van der Waals surface area (Å²) in [6, 6.07) is 0.563. The molecule has 8 unspecified atom stereocenters. The SMILES string of the molecule is CCCC1NC(NC(C)O)NC1C1CC(N)C(O)NC1C. The van der Waals surface area contributed by atoms with Crippen LogP contribution in [0.3, 0.4) is 0 Å². The second kappa shape index (κ2) is 7.32. The van der Waals surface area contributed by atoms with Crippen molar-refractivity contribution in [3.05, 3.63) is 0 Å². The van der Waals surface area contributed by atoms with Crippen LogP contribution in [-0.2, 0) is 0 Å². The van der Waals surface area contributed by atoms with Crippen molar-refractivity contribution in [3.63, 3.8) is 0 Å². The molecule has 2 aliphatic heterocycles. The standard InChI is InChI=1S/C14H31N5O2/c1-4-5-11-12(19-14(18-11)17-8(3)20)9-6-10(15)13(21)16-7(9)2/h7-14,16-21H,4-6,15H2,1-3H3. The summed E-state index contributed by atoms with van der Waals surface area (Å²) in [6.45, 7) is 5.98. The Morgan fingerprint density at radius 2 is 2.05 bits per heavy atom. The van der Waals surface area contributed by atoms with Gasteiger partial charge in [0.05, 0.1) is 0 Å². The second-order valence-electron chi connectivity index (χ2n) is 6.49. The van der Waals surface area contributed by atoms with Gasteiger partial charge in [-0.25, -0.2) is 0 Å².